The van der Waals surface area contributed by atoms with E-state index in [2.05, 4.69) is 0 Å². The van der Waals surface area contributed by atoms with Crippen molar-refractivity contribution in [2.24, 2.45) is 0 Å². The average Bonchev–Trinajstić information content (AvgIpc) is 3.00. The van der Waals surface area contributed by atoms with Gasteiger partial charge in [-0.15, -0.1) is 0 Å². The highest BCUT2D eigenvalue weighted by molar-refractivity contribution is 5.99. The number of ether oxygens (including phenoxy) is 3. The Morgan fingerprint density at radius 1 is 1.27 bits per heavy atom. The third-order valence-electron chi connectivity index (χ3n) is 4.38. The molecular formula is C20H23NO5. The highest BCUT2D eigenvalue weighted by atomic mass is 16.5. The van der Waals surface area contributed by atoms with Crippen molar-refractivity contribution in [3.63, 3.8) is 0 Å². The lowest BCUT2D eigenvalue weighted by atomic mass is 9.97. The molecule has 0 spiro atoms. The van der Waals surface area contributed by atoms with Gasteiger partial charge in [-0.3, -0.25) is 4.79 Å². The van der Waals surface area contributed by atoms with Gasteiger partial charge >= 0.3 is 5.97 Å². The number of aromatic nitrogens is 1. The van der Waals surface area contributed by atoms with Gasteiger partial charge in [0, 0.05) is 17.8 Å². The predicted octanol–water partition coefficient (Wildman–Crippen LogP) is 3.50. The van der Waals surface area contributed by atoms with Crippen LogP contribution < -0.4 is 9.47 Å². The lowest BCUT2D eigenvalue weighted by Gasteiger charge is -2.23. The summed E-state index contributed by atoms with van der Waals surface area (Å²) in [6, 6.07) is 5.61. The Morgan fingerprint density at radius 3 is 2.65 bits per heavy atom. The van der Waals surface area contributed by atoms with Gasteiger partial charge < -0.3 is 18.8 Å². The first-order valence-corrected chi connectivity index (χ1v) is 8.73. The number of carbonyl (C=O) groups is 2. The summed E-state index contributed by atoms with van der Waals surface area (Å²) < 4.78 is 18.3. The van der Waals surface area contributed by atoms with Crippen molar-refractivity contribution in [1.29, 1.82) is 0 Å². The van der Waals surface area contributed by atoms with E-state index in [1.165, 1.54) is 0 Å². The summed E-state index contributed by atoms with van der Waals surface area (Å²) in [7, 11) is 1.61. The zero-order valence-corrected chi connectivity index (χ0v) is 15.5. The number of fused-ring (bicyclic) bond motifs is 3. The Morgan fingerprint density at radius 2 is 2.04 bits per heavy atom. The van der Waals surface area contributed by atoms with Crippen LogP contribution >= 0.6 is 0 Å². The molecule has 0 unspecified atom stereocenters. The van der Waals surface area contributed by atoms with Crippen LogP contribution in [0.15, 0.2) is 18.2 Å². The molecule has 1 aromatic carbocycles. The van der Waals surface area contributed by atoms with Gasteiger partial charge in [-0.2, -0.15) is 0 Å². The highest BCUT2D eigenvalue weighted by Gasteiger charge is 2.27. The van der Waals surface area contributed by atoms with Gasteiger partial charge in [0.1, 0.15) is 0 Å². The van der Waals surface area contributed by atoms with E-state index in [-0.39, 0.29) is 12.7 Å². The zero-order valence-electron chi connectivity index (χ0n) is 15.5. The lowest BCUT2D eigenvalue weighted by molar-refractivity contribution is 0.0524. The standard InChI is InChI=1S/C20H23NO5/c1-5-25-20(23)15-9-16-14-10-19(26-12(2)3)18(24-4)8-13(14)6-7-21(16)17(15)11-22/h8-12H,5-7H2,1-4H3. The summed E-state index contributed by atoms with van der Waals surface area (Å²) in [5.74, 6) is 0.838. The van der Waals surface area contributed by atoms with Crippen molar-refractivity contribution in [3.8, 4) is 22.8 Å². The minimum Gasteiger partial charge on any atom is -0.493 e. The Balaban J connectivity index is 2.15. The van der Waals surface area contributed by atoms with Gasteiger partial charge in [-0.1, -0.05) is 0 Å². The molecule has 1 aromatic heterocycles. The maximum Gasteiger partial charge on any atom is 0.340 e. The summed E-state index contributed by atoms with van der Waals surface area (Å²) in [6.45, 7) is 6.52. The van der Waals surface area contributed by atoms with Crippen LogP contribution in [0.5, 0.6) is 11.5 Å². The second-order valence-corrected chi connectivity index (χ2v) is 6.40. The van der Waals surface area contributed by atoms with Crippen molar-refractivity contribution >= 4 is 12.3 Å². The third kappa shape index (κ3) is 3.07. The monoisotopic (exact) mass is 357 g/mol. The number of rotatable bonds is 6. The van der Waals surface area contributed by atoms with Crippen LogP contribution in [0.1, 0.15) is 47.2 Å². The van der Waals surface area contributed by atoms with E-state index in [0.717, 1.165) is 29.5 Å². The number of aldehydes is 1. The van der Waals surface area contributed by atoms with Crippen LogP contribution in [-0.2, 0) is 17.7 Å². The normalized spacial score (nSPS) is 12.3. The van der Waals surface area contributed by atoms with Crippen molar-refractivity contribution in [2.45, 2.75) is 39.8 Å². The molecule has 1 aliphatic rings. The van der Waals surface area contributed by atoms with E-state index >= 15 is 0 Å². The summed E-state index contributed by atoms with van der Waals surface area (Å²) in [6.07, 6.45) is 1.45. The van der Waals surface area contributed by atoms with Gasteiger partial charge in [0.05, 0.1) is 31.1 Å². The summed E-state index contributed by atoms with van der Waals surface area (Å²) in [5.41, 5.74) is 3.49. The molecule has 3 rings (SSSR count). The Bertz CT molecular complexity index is 850. The molecule has 26 heavy (non-hydrogen) atoms. The van der Waals surface area contributed by atoms with E-state index in [4.69, 9.17) is 14.2 Å². The van der Waals surface area contributed by atoms with E-state index < -0.39 is 5.97 Å². The van der Waals surface area contributed by atoms with Crippen molar-refractivity contribution in [3.05, 3.63) is 35.0 Å². The molecular weight excluding hydrogens is 334 g/mol. The Labute approximate surface area is 152 Å². The molecule has 138 valence electrons. The van der Waals surface area contributed by atoms with Gasteiger partial charge in [0.15, 0.2) is 17.8 Å². The van der Waals surface area contributed by atoms with Crippen LogP contribution in [0, 0.1) is 0 Å². The highest BCUT2D eigenvalue weighted by Crippen LogP contribution is 2.40. The molecule has 2 aromatic rings. The van der Waals surface area contributed by atoms with Crippen molar-refractivity contribution in [2.75, 3.05) is 13.7 Å². The number of hydrogen-bond donors (Lipinski definition) is 0. The molecule has 0 fully saturated rings. The molecule has 0 aliphatic carbocycles. The van der Waals surface area contributed by atoms with Gasteiger partial charge in [-0.25, -0.2) is 4.79 Å². The fourth-order valence-corrected chi connectivity index (χ4v) is 3.31. The average molecular weight is 357 g/mol. The van der Waals surface area contributed by atoms with Gasteiger partial charge in [0.25, 0.3) is 0 Å². The molecule has 0 saturated carbocycles. The first-order chi connectivity index (χ1) is 12.5. The topological polar surface area (TPSA) is 66.8 Å². The predicted molar refractivity (Wildman–Crippen MR) is 97.2 cm³/mol. The lowest BCUT2D eigenvalue weighted by Crippen LogP contribution is -2.15. The van der Waals surface area contributed by atoms with Crippen molar-refractivity contribution < 1.29 is 23.8 Å². The SMILES string of the molecule is CCOC(=O)c1cc2n(c1C=O)CCc1cc(OC)c(OC(C)C)cc1-2. The molecule has 2 heterocycles. The molecule has 0 radical (unpaired) electrons. The number of benzene rings is 1. The molecule has 1 aliphatic heterocycles. The Kier molecular flexibility index (Phi) is 5.02. The maximum atomic E-state index is 12.2. The third-order valence-corrected chi connectivity index (χ3v) is 4.38. The van der Waals surface area contributed by atoms with Gasteiger partial charge in [-0.05, 0) is 51.0 Å². The summed E-state index contributed by atoms with van der Waals surface area (Å²) in [4.78, 5) is 23.8. The van der Waals surface area contributed by atoms with Crippen LogP contribution in [0.25, 0.3) is 11.3 Å². The van der Waals surface area contributed by atoms with Crippen LogP contribution in [0.4, 0.5) is 0 Å². The van der Waals surface area contributed by atoms with E-state index in [1.54, 1.807) is 20.1 Å². The summed E-state index contributed by atoms with van der Waals surface area (Å²) in [5, 5.41) is 0. The van der Waals surface area contributed by atoms with E-state index in [9.17, 15) is 9.59 Å². The Hall–Kier alpha value is -2.76. The largest absolute Gasteiger partial charge is 0.493 e. The maximum absolute atomic E-state index is 12.2. The van der Waals surface area contributed by atoms with Gasteiger partial charge in [0.2, 0.25) is 0 Å². The molecule has 0 N–H and O–H groups in total. The first kappa shape index (κ1) is 18.0. The minimum atomic E-state index is -0.481. The number of hydrogen-bond acceptors (Lipinski definition) is 5. The first-order valence-electron chi connectivity index (χ1n) is 8.73. The zero-order chi connectivity index (χ0) is 18.8. The molecule has 0 bridgehead atoms. The van der Waals surface area contributed by atoms with Crippen LogP contribution in [0.3, 0.4) is 0 Å². The fourth-order valence-electron chi connectivity index (χ4n) is 3.31. The number of nitrogens with zero attached hydrogens (tertiary/aromatic N) is 1. The number of aryl methyl sites for hydroxylation is 1. The van der Waals surface area contributed by atoms with E-state index in [1.807, 2.05) is 30.5 Å². The smallest absolute Gasteiger partial charge is 0.340 e. The second-order valence-electron chi connectivity index (χ2n) is 6.40. The summed E-state index contributed by atoms with van der Waals surface area (Å²) >= 11 is 0. The number of methoxy groups -OCH3 is 1. The molecule has 0 saturated heterocycles. The quantitative estimate of drug-likeness (QED) is 0.585. The van der Waals surface area contributed by atoms with Crippen molar-refractivity contribution in [1.82, 2.24) is 4.57 Å². The fraction of sp³-hybridized carbons (Fsp3) is 0.400. The molecule has 0 atom stereocenters. The van der Waals surface area contributed by atoms with Crippen LogP contribution in [0.2, 0.25) is 0 Å². The molecule has 0 amide bonds. The van der Waals surface area contributed by atoms with Crippen LogP contribution in [-0.4, -0.2) is 36.6 Å². The number of esters is 1. The second kappa shape index (κ2) is 7.23. The van der Waals surface area contributed by atoms with E-state index in [0.29, 0.717) is 29.3 Å². The molecule has 6 heteroatoms. The minimum absolute atomic E-state index is 0.00189. The number of carbonyl (C=O) groups excluding carboxylic acids is 2. The molecule has 6 nitrogen and oxygen atoms in total.